The van der Waals surface area contributed by atoms with Crippen molar-refractivity contribution in [2.75, 3.05) is 19.8 Å². The second-order valence-electron chi connectivity index (χ2n) is 41.6. The highest BCUT2D eigenvalue weighted by molar-refractivity contribution is 5.98. The summed E-state index contributed by atoms with van der Waals surface area (Å²) in [5.74, 6) is 20.0. The maximum Gasteiger partial charge on any atom is 0.347 e. The molecular formula is C89H138O16. The van der Waals surface area contributed by atoms with Crippen LogP contribution in [0.2, 0.25) is 0 Å². The molecule has 590 valence electrons. The molecule has 105 heavy (non-hydrogen) atoms. The van der Waals surface area contributed by atoms with Crippen LogP contribution in [0.25, 0.3) is 0 Å². The van der Waals surface area contributed by atoms with Crippen LogP contribution < -0.4 is 0 Å². The van der Waals surface area contributed by atoms with E-state index in [-0.39, 0.29) is 75.7 Å². The van der Waals surface area contributed by atoms with Crippen molar-refractivity contribution < 1.29 is 77.3 Å². The van der Waals surface area contributed by atoms with E-state index in [1.165, 1.54) is 57.8 Å². The molecule has 3 N–H and O–H groups in total. The fourth-order valence-corrected chi connectivity index (χ4v) is 29.9. The summed E-state index contributed by atoms with van der Waals surface area (Å²) in [5.41, 5.74) is -0.916. The van der Waals surface area contributed by atoms with Gasteiger partial charge >= 0.3 is 41.8 Å². The highest BCUT2D eigenvalue weighted by Gasteiger charge is 2.70. The van der Waals surface area contributed by atoms with Gasteiger partial charge in [-0.3, -0.25) is 28.8 Å². The summed E-state index contributed by atoms with van der Waals surface area (Å²) in [6, 6.07) is 0. The van der Waals surface area contributed by atoms with Gasteiger partial charge in [-0.1, -0.05) is 96.9 Å². The molecule has 20 aliphatic rings. The molecule has 5 heterocycles. The molecule has 0 aromatic rings. The van der Waals surface area contributed by atoms with E-state index in [0.717, 1.165) is 166 Å². The van der Waals surface area contributed by atoms with Gasteiger partial charge in [-0.2, -0.15) is 0 Å². The van der Waals surface area contributed by atoms with Gasteiger partial charge in [-0.25, -0.2) is 4.79 Å². The zero-order valence-corrected chi connectivity index (χ0v) is 67.3. The number of carbonyl (C=O) groups is 7. The number of hydrogen-bond donors (Lipinski definition) is 3. The molecule has 37 unspecified atom stereocenters. The molecule has 15 saturated carbocycles. The number of aliphatic hydroxyl groups excluding tert-OH is 3. The van der Waals surface area contributed by atoms with Gasteiger partial charge in [-0.05, 0) is 313 Å². The Balaban J connectivity index is 0.000000104. The second kappa shape index (κ2) is 28.8. The van der Waals surface area contributed by atoms with E-state index < -0.39 is 29.6 Å². The van der Waals surface area contributed by atoms with E-state index >= 15 is 0 Å². The summed E-state index contributed by atoms with van der Waals surface area (Å²) in [6.45, 7) is 38.0. The lowest BCUT2D eigenvalue weighted by Gasteiger charge is -2.37. The topological polar surface area (TPSA) is 236 Å². The minimum Gasteiger partial charge on any atom is -0.465 e. The van der Waals surface area contributed by atoms with Gasteiger partial charge < -0.3 is 43.7 Å². The molecule has 0 aromatic carbocycles. The van der Waals surface area contributed by atoms with Crippen molar-refractivity contribution in [3.8, 4) is 0 Å². The number of rotatable bonds is 5. The molecule has 14 bridgehead atoms. The molecule has 5 saturated heterocycles. The first-order chi connectivity index (χ1) is 49.5. The number of aliphatic hydroxyl groups is 3. The van der Waals surface area contributed by atoms with Crippen molar-refractivity contribution in [1.29, 1.82) is 0 Å². The van der Waals surface area contributed by atoms with Gasteiger partial charge in [0.25, 0.3) is 0 Å². The van der Waals surface area contributed by atoms with Gasteiger partial charge in [-0.15, -0.1) is 0 Å². The number of ether oxygens (including phenoxy) is 6. The molecule has 37 atom stereocenters. The number of cyclic esters (lactones) is 5. The minimum atomic E-state index is -0.774. The number of esters is 7. The number of hydrogen-bond acceptors (Lipinski definition) is 16. The Morgan fingerprint density at radius 1 is 0.467 bits per heavy atom. The quantitative estimate of drug-likeness (QED) is 0.132. The molecule has 20 rings (SSSR count). The van der Waals surface area contributed by atoms with Gasteiger partial charge in [0.1, 0.15) is 11.2 Å². The van der Waals surface area contributed by atoms with Crippen LogP contribution in [0, 0.1) is 199 Å². The summed E-state index contributed by atoms with van der Waals surface area (Å²) in [6.07, 6.45) is 23.5. The standard InChI is InChI=1S/C16H24O5.C16H24O2.C14H22O2.C12H16O3.C12H18O2.C10H18O.C9H16O/c1-8-9(2)11-5-10(8)6-12(11)13(17)7-15(18)21-14-3-4-20-16(14)19;1-10-11(2)13-7-12(10)8-16(13)9-15(18-14(16)17)5-3-4-6-15;1-8-9(2)11-5-10(8)6-14(11)7-13(3,4)16-12(14)15;1-6-7(2)9-3-8(6)4-12(9)5-10(13)15-11(12)14;1-7-8(2)10-5-9(7)6-12(10)3-4-14-11(12)13;1-6-7(2)10-4-8(6)3-9(10)5-11;1-5-6(2)8-3-7(5)4-9(8)10/h8-14,17H,3-7H2,1-2H3;10-13H,3-9H2,1-2H3;8-11H,5-7H2,1-4H3;6-9H,3-5H2,1-2H3;7-10H,3-6H2,1-2H3;6-11H,3-5H2,1-2H3;5-10H,3-4H2,1-2H3. The molecule has 16 heteroatoms. The van der Waals surface area contributed by atoms with Gasteiger partial charge in [0.2, 0.25) is 6.10 Å². The largest absolute Gasteiger partial charge is 0.465 e. The first kappa shape index (κ1) is 78.1. The van der Waals surface area contributed by atoms with Gasteiger partial charge in [0.15, 0.2) is 0 Å². The predicted octanol–water partition coefficient (Wildman–Crippen LogP) is 15.6. The van der Waals surface area contributed by atoms with E-state index in [0.29, 0.717) is 116 Å². The Hall–Kier alpha value is -3.63. The molecule has 0 radical (unpaired) electrons. The summed E-state index contributed by atoms with van der Waals surface area (Å²) >= 11 is 0. The van der Waals surface area contributed by atoms with E-state index in [9.17, 15) is 43.8 Å². The highest BCUT2D eigenvalue weighted by atomic mass is 16.6. The van der Waals surface area contributed by atoms with Crippen LogP contribution in [-0.4, -0.2) is 106 Å². The molecule has 5 spiro atoms. The zero-order valence-electron chi connectivity index (χ0n) is 67.3. The lowest BCUT2D eigenvalue weighted by molar-refractivity contribution is -0.162. The molecular weight excluding hydrogens is 1320 g/mol. The third-order valence-electron chi connectivity index (χ3n) is 37.2. The molecule has 15 aliphatic carbocycles. The van der Waals surface area contributed by atoms with Crippen LogP contribution in [-0.2, 0) is 62.0 Å². The smallest absolute Gasteiger partial charge is 0.347 e. The zero-order chi connectivity index (χ0) is 75.4. The summed E-state index contributed by atoms with van der Waals surface area (Å²) in [5, 5.41) is 29.0. The van der Waals surface area contributed by atoms with Crippen LogP contribution in [0.1, 0.15) is 265 Å². The SMILES string of the molecule is CC1C2CC(C(O)CC(=O)OC3CCOC3=O)C(C2)C1C.CC1C2CC(C1C)C1(C2)CC(C)(C)OC1=O.CC1C2CC(C1C)C1(C2)CC2(CCCC2)OC1=O.CC1C2CC(C1C)C1(CC(=O)OC1=O)C2.CC1C2CC(C1C)C1(CCOC1=O)C2.CC1C2CC(CO)C(C2)C1C.CC1C2CC(O)C(C2)C1C. The molecule has 20 fully saturated rings. The number of fused-ring (bicyclic) bond motifs is 18. The fourth-order valence-electron chi connectivity index (χ4n) is 29.9. The van der Waals surface area contributed by atoms with Crippen LogP contribution >= 0.6 is 0 Å². The van der Waals surface area contributed by atoms with E-state index in [1.807, 2.05) is 0 Å². The normalized spacial score (nSPS) is 52.3. The van der Waals surface area contributed by atoms with Crippen LogP contribution in [0.5, 0.6) is 0 Å². The van der Waals surface area contributed by atoms with Gasteiger partial charge in [0, 0.05) is 25.9 Å². The Morgan fingerprint density at radius 2 is 0.924 bits per heavy atom. The fraction of sp³-hybridized carbons (Fsp3) is 0.921. The van der Waals surface area contributed by atoms with Crippen molar-refractivity contribution in [1.82, 2.24) is 0 Å². The third-order valence-corrected chi connectivity index (χ3v) is 37.2. The monoisotopic (exact) mass is 1460 g/mol. The number of carbonyl (C=O) groups excluding carboxylic acids is 7. The Morgan fingerprint density at radius 3 is 1.33 bits per heavy atom. The van der Waals surface area contributed by atoms with Crippen LogP contribution in [0.15, 0.2) is 0 Å². The molecule has 5 aliphatic heterocycles. The lowest BCUT2D eigenvalue weighted by Crippen LogP contribution is -2.39. The average molecular weight is 1460 g/mol. The summed E-state index contributed by atoms with van der Waals surface area (Å²) in [4.78, 5) is 82.8. The summed E-state index contributed by atoms with van der Waals surface area (Å²) < 4.78 is 31.3. The first-order valence-electron chi connectivity index (χ1n) is 43.2. The highest BCUT2D eigenvalue weighted by Crippen LogP contribution is 2.70. The average Bonchev–Trinajstić information content (AvgIpc) is 1.56. The van der Waals surface area contributed by atoms with Crippen LogP contribution in [0.4, 0.5) is 0 Å². The van der Waals surface area contributed by atoms with E-state index in [1.54, 1.807) is 0 Å². The maximum absolute atomic E-state index is 12.6. The van der Waals surface area contributed by atoms with E-state index in [2.05, 4.69) is 111 Å². The predicted molar refractivity (Wildman–Crippen MR) is 396 cm³/mol. The molecule has 0 aromatic heterocycles. The molecule has 16 nitrogen and oxygen atoms in total. The van der Waals surface area contributed by atoms with E-state index in [4.69, 9.17) is 33.5 Å². The van der Waals surface area contributed by atoms with Crippen molar-refractivity contribution in [3.63, 3.8) is 0 Å². The summed E-state index contributed by atoms with van der Waals surface area (Å²) in [7, 11) is 0. The Bertz CT molecular complexity index is 3250. The lowest BCUT2D eigenvalue weighted by atomic mass is 9.63. The van der Waals surface area contributed by atoms with Crippen molar-refractivity contribution in [2.24, 2.45) is 199 Å². The Labute approximate surface area is 629 Å². The van der Waals surface area contributed by atoms with Crippen molar-refractivity contribution in [2.45, 2.75) is 294 Å². The Kier molecular flexibility index (Phi) is 21.4. The minimum absolute atomic E-state index is 0.0151. The first-order valence-corrected chi connectivity index (χ1v) is 43.2. The van der Waals surface area contributed by atoms with Gasteiger partial charge in [0.05, 0.1) is 59.9 Å². The molecule has 0 amide bonds. The van der Waals surface area contributed by atoms with Crippen molar-refractivity contribution in [3.05, 3.63) is 0 Å². The third kappa shape index (κ3) is 13.2. The van der Waals surface area contributed by atoms with Crippen LogP contribution in [0.3, 0.4) is 0 Å². The second-order valence-corrected chi connectivity index (χ2v) is 41.6. The maximum atomic E-state index is 12.6. The van der Waals surface area contributed by atoms with Crippen molar-refractivity contribution >= 4 is 41.8 Å².